The van der Waals surface area contributed by atoms with Crippen molar-refractivity contribution in [2.24, 2.45) is 0 Å². The van der Waals surface area contributed by atoms with Gasteiger partial charge in [-0.15, -0.1) is 0 Å². The third-order valence-corrected chi connectivity index (χ3v) is 3.93. The number of halogens is 1. The van der Waals surface area contributed by atoms with Gasteiger partial charge in [0.2, 0.25) is 0 Å². The van der Waals surface area contributed by atoms with Crippen molar-refractivity contribution in [2.45, 2.75) is 51.4 Å². The van der Waals surface area contributed by atoms with E-state index in [0.717, 1.165) is 24.4 Å². The van der Waals surface area contributed by atoms with E-state index >= 15 is 0 Å². The number of aromatic amines is 1. The average molecular weight is 285 g/mol. The first-order chi connectivity index (χ1) is 7.72. The molecule has 1 aliphatic carbocycles. The summed E-state index contributed by atoms with van der Waals surface area (Å²) in [5, 5.41) is 0. The minimum Gasteiger partial charge on any atom is -0.310 e. The van der Waals surface area contributed by atoms with Gasteiger partial charge >= 0.3 is 0 Å². The van der Waals surface area contributed by atoms with Crippen LogP contribution in [0.5, 0.6) is 0 Å². The highest BCUT2D eigenvalue weighted by atomic mass is 79.9. The molecular weight excluding hydrogens is 268 g/mol. The van der Waals surface area contributed by atoms with E-state index in [2.05, 4.69) is 32.8 Å². The van der Waals surface area contributed by atoms with Crippen molar-refractivity contribution < 1.29 is 0 Å². The molecule has 3 nitrogen and oxygen atoms in total. The molecule has 4 heteroatoms. The summed E-state index contributed by atoms with van der Waals surface area (Å²) in [6.45, 7) is 2.09. The molecule has 1 aromatic heterocycles. The number of H-pyrrole nitrogens is 1. The first-order valence-corrected chi connectivity index (χ1v) is 6.80. The zero-order valence-electron chi connectivity index (χ0n) is 9.55. The monoisotopic (exact) mass is 284 g/mol. The molecule has 0 bridgehead atoms. The molecule has 88 valence electrons. The summed E-state index contributed by atoms with van der Waals surface area (Å²) < 4.78 is 0.638. The van der Waals surface area contributed by atoms with Gasteiger partial charge in [0.05, 0.1) is 5.69 Å². The highest BCUT2D eigenvalue weighted by molar-refractivity contribution is 9.10. The number of aryl methyl sites for hydroxylation is 1. The van der Waals surface area contributed by atoms with Crippen LogP contribution >= 0.6 is 15.9 Å². The van der Waals surface area contributed by atoms with E-state index in [1.807, 2.05) is 0 Å². The summed E-state index contributed by atoms with van der Waals surface area (Å²) in [6, 6.07) is 0. The SMILES string of the molecule is CCCc1nc(C2CCCC2)c(Br)c(=O)[nH]1. The lowest BCUT2D eigenvalue weighted by Crippen LogP contribution is -2.17. The molecule has 0 radical (unpaired) electrons. The lowest BCUT2D eigenvalue weighted by Gasteiger charge is -2.11. The van der Waals surface area contributed by atoms with Crippen molar-refractivity contribution in [3.63, 3.8) is 0 Å². The summed E-state index contributed by atoms with van der Waals surface area (Å²) >= 11 is 3.37. The van der Waals surface area contributed by atoms with Gasteiger partial charge in [-0.3, -0.25) is 4.79 Å². The zero-order valence-corrected chi connectivity index (χ0v) is 11.1. The van der Waals surface area contributed by atoms with Gasteiger partial charge in [0, 0.05) is 12.3 Å². The summed E-state index contributed by atoms with van der Waals surface area (Å²) in [4.78, 5) is 19.2. The van der Waals surface area contributed by atoms with E-state index in [0.29, 0.717) is 10.4 Å². The van der Waals surface area contributed by atoms with E-state index < -0.39 is 0 Å². The molecule has 0 unspecified atom stereocenters. The van der Waals surface area contributed by atoms with Gasteiger partial charge in [-0.2, -0.15) is 0 Å². The van der Waals surface area contributed by atoms with Crippen molar-refractivity contribution in [3.05, 3.63) is 26.3 Å². The highest BCUT2D eigenvalue weighted by Crippen LogP contribution is 2.35. The van der Waals surface area contributed by atoms with Gasteiger partial charge in [0.1, 0.15) is 10.3 Å². The van der Waals surface area contributed by atoms with E-state index in [-0.39, 0.29) is 5.56 Å². The van der Waals surface area contributed by atoms with Crippen molar-refractivity contribution in [3.8, 4) is 0 Å². The highest BCUT2D eigenvalue weighted by Gasteiger charge is 2.22. The minimum absolute atomic E-state index is 0.0275. The Kier molecular flexibility index (Phi) is 3.79. The van der Waals surface area contributed by atoms with E-state index in [1.54, 1.807) is 0 Å². The number of hydrogen-bond acceptors (Lipinski definition) is 2. The van der Waals surface area contributed by atoms with Gasteiger partial charge in [-0.05, 0) is 35.2 Å². The predicted molar refractivity (Wildman–Crippen MR) is 67.8 cm³/mol. The molecule has 0 atom stereocenters. The van der Waals surface area contributed by atoms with Gasteiger partial charge < -0.3 is 4.98 Å². The second kappa shape index (κ2) is 5.13. The Morgan fingerprint density at radius 3 is 2.75 bits per heavy atom. The van der Waals surface area contributed by atoms with Crippen LogP contribution < -0.4 is 5.56 Å². The quantitative estimate of drug-likeness (QED) is 0.927. The third kappa shape index (κ3) is 2.37. The first kappa shape index (κ1) is 11.8. The van der Waals surface area contributed by atoms with E-state index in [9.17, 15) is 4.79 Å². The Labute approximate surface area is 104 Å². The van der Waals surface area contributed by atoms with Crippen LogP contribution in [0.2, 0.25) is 0 Å². The molecule has 2 rings (SSSR count). The van der Waals surface area contributed by atoms with Crippen LogP contribution in [0, 0.1) is 0 Å². The summed E-state index contributed by atoms with van der Waals surface area (Å²) in [7, 11) is 0. The maximum atomic E-state index is 11.7. The normalized spacial score (nSPS) is 16.9. The molecule has 0 amide bonds. The number of nitrogens with one attached hydrogen (secondary N) is 1. The van der Waals surface area contributed by atoms with E-state index in [1.165, 1.54) is 25.7 Å². The van der Waals surface area contributed by atoms with Crippen molar-refractivity contribution >= 4 is 15.9 Å². The Morgan fingerprint density at radius 2 is 2.12 bits per heavy atom. The van der Waals surface area contributed by atoms with Crippen LogP contribution in [-0.2, 0) is 6.42 Å². The lowest BCUT2D eigenvalue weighted by molar-refractivity contribution is 0.670. The number of hydrogen-bond donors (Lipinski definition) is 1. The zero-order chi connectivity index (χ0) is 11.5. The smallest absolute Gasteiger partial charge is 0.265 e. The molecule has 1 fully saturated rings. The van der Waals surface area contributed by atoms with Crippen LogP contribution in [0.1, 0.15) is 56.5 Å². The van der Waals surface area contributed by atoms with Crippen LogP contribution in [0.15, 0.2) is 9.27 Å². The fraction of sp³-hybridized carbons (Fsp3) is 0.667. The predicted octanol–water partition coefficient (Wildman–Crippen LogP) is 3.14. The van der Waals surface area contributed by atoms with Gasteiger partial charge in [0.25, 0.3) is 5.56 Å². The fourth-order valence-electron chi connectivity index (χ4n) is 2.35. The molecule has 0 aromatic carbocycles. The fourth-order valence-corrected chi connectivity index (χ4v) is 2.86. The van der Waals surface area contributed by atoms with Gasteiger partial charge in [-0.25, -0.2) is 4.98 Å². The molecule has 16 heavy (non-hydrogen) atoms. The van der Waals surface area contributed by atoms with Gasteiger partial charge in [0.15, 0.2) is 0 Å². The second-order valence-electron chi connectivity index (χ2n) is 4.44. The Balaban J connectivity index is 2.37. The Hall–Kier alpha value is -0.640. The van der Waals surface area contributed by atoms with Crippen LogP contribution in [-0.4, -0.2) is 9.97 Å². The topological polar surface area (TPSA) is 45.8 Å². The molecule has 0 aliphatic heterocycles. The molecule has 1 heterocycles. The Bertz CT molecular complexity index is 422. The molecule has 1 aliphatic rings. The average Bonchev–Trinajstić information content (AvgIpc) is 2.76. The Morgan fingerprint density at radius 1 is 1.44 bits per heavy atom. The maximum absolute atomic E-state index is 11.7. The van der Waals surface area contributed by atoms with Crippen LogP contribution in [0.3, 0.4) is 0 Å². The molecule has 1 saturated carbocycles. The first-order valence-electron chi connectivity index (χ1n) is 6.01. The van der Waals surface area contributed by atoms with Crippen LogP contribution in [0.4, 0.5) is 0 Å². The van der Waals surface area contributed by atoms with Crippen molar-refractivity contribution in [1.29, 1.82) is 0 Å². The summed E-state index contributed by atoms with van der Waals surface area (Å²) in [5.41, 5.74) is 0.949. The number of aromatic nitrogens is 2. The lowest BCUT2D eigenvalue weighted by atomic mass is 10.0. The summed E-state index contributed by atoms with van der Waals surface area (Å²) in [6.07, 6.45) is 6.71. The van der Waals surface area contributed by atoms with Crippen molar-refractivity contribution in [1.82, 2.24) is 9.97 Å². The standard InChI is InChI=1S/C12H17BrN2O/c1-2-5-9-14-11(8-6-3-4-7-8)10(13)12(16)15-9/h8H,2-7H2,1H3,(H,14,15,16). The molecule has 1 N–H and O–H groups in total. The molecular formula is C12H17BrN2O. The summed E-state index contributed by atoms with van der Waals surface area (Å²) in [5.74, 6) is 1.31. The van der Waals surface area contributed by atoms with Gasteiger partial charge in [-0.1, -0.05) is 19.8 Å². The second-order valence-corrected chi connectivity index (χ2v) is 5.24. The minimum atomic E-state index is -0.0275. The molecule has 1 aromatic rings. The number of rotatable bonds is 3. The van der Waals surface area contributed by atoms with Crippen LogP contribution in [0.25, 0.3) is 0 Å². The molecule has 0 saturated heterocycles. The largest absolute Gasteiger partial charge is 0.310 e. The van der Waals surface area contributed by atoms with Crippen molar-refractivity contribution in [2.75, 3.05) is 0 Å². The van der Waals surface area contributed by atoms with E-state index in [4.69, 9.17) is 0 Å². The number of nitrogens with zero attached hydrogens (tertiary/aromatic N) is 1. The third-order valence-electron chi connectivity index (χ3n) is 3.17. The maximum Gasteiger partial charge on any atom is 0.265 e. The molecule has 0 spiro atoms.